The number of carbonyl (C=O) groups is 1. The van der Waals surface area contributed by atoms with Crippen LogP contribution in [0.1, 0.15) is 30.3 Å². The van der Waals surface area contributed by atoms with E-state index < -0.39 is 0 Å². The Kier molecular flexibility index (Phi) is 3.49. The van der Waals surface area contributed by atoms with Crippen molar-refractivity contribution in [3.05, 3.63) is 24.1 Å². The number of ether oxygens (including phenoxy) is 1. The number of carbonyl (C=O) groups excluding carboxylic acids is 1. The van der Waals surface area contributed by atoms with E-state index in [4.69, 9.17) is 9.15 Å². The van der Waals surface area contributed by atoms with Crippen molar-refractivity contribution in [2.24, 2.45) is 5.92 Å². The number of rotatable bonds is 3. The smallest absolute Gasteiger partial charge is 0.270 e. The van der Waals surface area contributed by atoms with E-state index in [0.29, 0.717) is 29.1 Å². The van der Waals surface area contributed by atoms with Crippen molar-refractivity contribution >= 4 is 16.9 Å². The average molecular weight is 315 g/mol. The summed E-state index contributed by atoms with van der Waals surface area (Å²) in [4.78, 5) is 19.5. The van der Waals surface area contributed by atoms with Gasteiger partial charge in [0.2, 0.25) is 5.88 Å². The maximum atomic E-state index is 12.7. The Labute approximate surface area is 134 Å². The molecule has 0 aromatic carbocycles. The predicted molar refractivity (Wildman–Crippen MR) is 85.6 cm³/mol. The van der Waals surface area contributed by atoms with E-state index in [1.807, 2.05) is 0 Å². The topological polar surface area (TPSA) is 67.6 Å². The van der Waals surface area contributed by atoms with Crippen LogP contribution < -0.4 is 10.1 Å². The summed E-state index contributed by atoms with van der Waals surface area (Å²) in [5.74, 6) is 0.823. The Balaban J connectivity index is 1.59. The highest BCUT2D eigenvalue weighted by Gasteiger charge is 2.40. The molecule has 3 fully saturated rings. The summed E-state index contributed by atoms with van der Waals surface area (Å²) in [5, 5.41) is 3.96. The fourth-order valence-corrected chi connectivity index (χ4v) is 3.98. The number of nitrogens with zero attached hydrogens (tertiary/aromatic N) is 2. The number of methoxy groups -OCH3 is 1. The van der Waals surface area contributed by atoms with E-state index in [2.05, 4.69) is 22.1 Å². The second-order valence-electron chi connectivity index (χ2n) is 6.46. The molecule has 2 aromatic rings. The quantitative estimate of drug-likeness (QED) is 0.939. The molecule has 0 saturated carbocycles. The third kappa shape index (κ3) is 2.37. The lowest BCUT2D eigenvalue weighted by molar-refractivity contribution is 0.0216. The summed E-state index contributed by atoms with van der Waals surface area (Å²) in [6, 6.07) is 4.03. The number of amides is 1. The lowest BCUT2D eigenvalue weighted by Crippen LogP contribution is -2.62. The van der Waals surface area contributed by atoms with Crippen LogP contribution in [0.4, 0.5) is 0 Å². The molecule has 3 aliphatic heterocycles. The van der Waals surface area contributed by atoms with Gasteiger partial charge in [-0.3, -0.25) is 9.69 Å². The van der Waals surface area contributed by atoms with E-state index >= 15 is 0 Å². The van der Waals surface area contributed by atoms with Crippen molar-refractivity contribution in [1.82, 2.24) is 15.2 Å². The van der Waals surface area contributed by atoms with Gasteiger partial charge in [-0.1, -0.05) is 0 Å². The number of hydrogen-bond acceptors (Lipinski definition) is 5. The standard InChI is InChI=1S/C17H21N3O3/c1-10-15(11-3-6-20(10)7-4-11)19-16(21)13-9-14-12(5-8-23-14)17(18-13)22-2/h5,8-11,15H,3-4,6-7H2,1-2H3,(H,19,21). The summed E-state index contributed by atoms with van der Waals surface area (Å²) < 4.78 is 10.7. The van der Waals surface area contributed by atoms with Crippen molar-refractivity contribution in [1.29, 1.82) is 0 Å². The predicted octanol–water partition coefficient (Wildman–Crippen LogP) is 2.05. The molecule has 0 radical (unpaired) electrons. The minimum Gasteiger partial charge on any atom is -0.480 e. The van der Waals surface area contributed by atoms with Gasteiger partial charge < -0.3 is 14.5 Å². The van der Waals surface area contributed by atoms with Gasteiger partial charge >= 0.3 is 0 Å². The molecule has 1 amide bonds. The van der Waals surface area contributed by atoms with Crippen molar-refractivity contribution in [3.63, 3.8) is 0 Å². The van der Waals surface area contributed by atoms with Crippen LogP contribution in [-0.4, -0.2) is 48.1 Å². The SMILES string of the molecule is COc1nc(C(=O)NC2C3CCN(CC3)C2C)cc2occc12. The van der Waals surface area contributed by atoms with Gasteiger partial charge in [0.1, 0.15) is 11.3 Å². The maximum Gasteiger partial charge on any atom is 0.270 e. The number of pyridine rings is 1. The van der Waals surface area contributed by atoms with Crippen LogP contribution >= 0.6 is 0 Å². The largest absolute Gasteiger partial charge is 0.480 e. The zero-order valence-electron chi connectivity index (χ0n) is 13.4. The monoisotopic (exact) mass is 315 g/mol. The van der Waals surface area contributed by atoms with Gasteiger partial charge in [-0.25, -0.2) is 4.98 Å². The molecule has 3 aliphatic rings. The number of nitrogens with one attached hydrogen (secondary N) is 1. The number of hydrogen-bond donors (Lipinski definition) is 1. The number of piperidine rings is 3. The molecular formula is C17H21N3O3. The molecule has 23 heavy (non-hydrogen) atoms. The molecule has 3 saturated heterocycles. The molecule has 2 atom stereocenters. The lowest BCUT2D eigenvalue weighted by atomic mass is 9.79. The van der Waals surface area contributed by atoms with Crippen LogP contribution in [0.2, 0.25) is 0 Å². The number of fused-ring (bicyclic) bond motifs is 4. The molecule has 6 nitrogen and oxygen atoms in total. The van der Waals surface area contributed by atoms with E-state index in [9.17, 15) is 4.79 Å². The van der Waals surface area contributed by atoms with E-state index in [-0.39, 0.29) is 11.9 Å². The van der Waals surface area contributed by atoms with Crippen LogP contribution in [-0.2, 0) is 0 Å². The molecule has 6 heteroatoms. The third-order valence-corrected chi connectivity index (χ3v) is 5.32. The van der Waals surface area contributed by atoms with Crippen molar-refractivity contribution in [2.75, 3.05) is 20.2 Å². The van der Waals surface area contributed by atoms with Gasteiger partial charge in [0.25, 0.3) is 5.91 Å². The third-order valence-electron chi connectivity index (χ3n) is 5.32. The Morgan fingerprint density at radius 3 is 2.91 bits per heavy atom. The molecule has 2 bridgehead atoms. The Morgan fingerprint density at radius 1 is 1.43 bits per heavy atom. The van der Waals surface area contributed by atoms with Crippen LogP contribution in [0.15, 0.2) is 22.8 Å². The molecular weight excluding hydrogens is 294 g/mol. The summed E-state index contributed by atoms with van der Waals surface area (Å²) in [7, 11) is 1.55. The minimum atomic E-state index is -0.160. The molecule has 2 aromatic heterocycles. The first-order valence-corrected chi connectivity index (χ1v) is 8.14. The first-order valence-electron chi connectivity index (χ1n) is 8.14. The summed E-state index contributed by atoms with van der Waals surface area (Å²) in [5.41, 5.74) is 0.955. The van der Waals surface area contributed by atoms with E-state index in [0.717, 1.165) is 31.3 Å². The zero-order chi connectivity index (χ0) is 16.0. The molecule has 0 aliphatic carbocycles. The van der Waals surface area contributed by atoms with Crippen molar-refractivity contribution < 1.29 is 13.9 Å². The molecule has 5 heterocycles. The van der Waals surface area contributed by atoms with Gasteiger partial charge in [-0.2, -0.15) is 0 Å². The zero-order valence-corrected chi connectivity index (χ0v) is 13.4. The van der Waals surface area contributed by atoms with Crippen LogP contribution in [0, 0.1) is 5.92 Å². The highest BCUT2D eigenvalue weighted by molar-refractivity contribution is 5.96. The first kappa shape index (κ1) is 14.5. The van der Waals surface area contributed by atoms with Crippen molar-refractivity contribution in [3.8, 4) is 5.88 Å². The molecule has 122 valence electrons. The molecule has 0 spiro atoms. The Hall–Kier alpha value is -2.08. The highest BCUT2D eigenvalue weighted by atomic mass is 16.5. The highest BCUT2D eigenvalue weighted by Crippen LogP contribution is 2.32. The molecule has 2 unspecified atom stereocenters. The number of aromatic nitrogens is 1. The minimum absolute atomic E-state index is 0.160. The van der Waals surface area contributed by atoms with Gasteiger partial charge in [0, 0.05) is 18.2 Å². The van der Waals surface area contributed by atoms with Gasteiger partial charge in [0.15, 0.2) is 0 Å². The van der Waals surface area contributed by atoms with Crippen LogP contribution in [0.5, 0.6) is 5.88 Å². The Bertz CT molecular complexity index is 732. The van der Waals surface area contributed by atoms with Gasteiger partial charge in [-0.15, -0.1) is 0 Å². The lowest BCUT2D eigenvalue weighted by Gasteiger charge is -2.49. The summed E-state index contributed by atoms with van der Waals surface area (Å²) in [6.07, 6.45) is 3.89. The first-order chi connectivity index (χ1) is 11.2. The van der Waals surface area contributed by atoms with Crippen LogP contribution in [0.3, 0.4) is 0 Å². The fraction of sp³-hybridized carbons (Fsp3) is 0.529. The van der Waals surface area contributed by atoms with E-state index in [1.165, 1.54) is 0 Å². The van der Waals surface area contributed by atoms with E-state index in [1.54, 1.807) is 25.5 Å². The fourth-order valence-electron chi connectivity index (χ4n) is 3.98. The summed E-state index contributed by atoms with van der Waals surface area (Å²) >= 11 is 0. The normalized spacial score (nSPS) is 29.7. The van der Waals surface area contributed by atoms with Gasteiger partial charge in [0.05, 0.1) is 18.8 Å². The summed E-state index contributed by atoms with van der Waals surface area (Å²) in [6.45, 7) is 4.48. The van der Waals surface area contributed by atoms with Crippen LogP contribution in [0.25, 0.3) is 11.0 Å². The molecule has 1 N–H and O–H groups in total. The molecule has 5 rings (SSSR count). The Morgan fingerprint density at radius 2 is 2.22 bits per heavy atom. The van der Waals surface area contributed by atoms with Crippen molar-refractivity contribution in [2.45, 2.75) is 31.8 Å². The maximum absolute atomic E-state index is 12.7. The average Bonchev–Trinajstić information content (AvgIpc) is 3.06. The van der Waals surface area contributed by atoms with Gasteiger partial charge in [-0.05, 0) is 44.8 Å². The second kappa shape index (κ2) is 5.53. The number of furan rings is 1. The second-order valence-corrected chi connectivity index (χ2v) is 6.46.